The highest BCUT2D eigenvalue weighted by molar-refractivity contribution is 7.99. The van der Waals surface area contributed by atoms with Crippen LogP contribution in [0.4, 0.5) is 0 Å². The molecule has 0 saturated heterocycles. The van der Waals surface area contributed by atoms with Crippen LogP contribution >= 0.6 is 11.8 Å². The van der Waals surface area contributed by atoms with Crippen LogP contribution in [0, 0.1) is 5.92 Å². The van der Waals surface area contributed by atoms with Crippen LogP contribution in [0.1, 0.15) is 13.3 Å². The lowest BCUT2D eigenvalue weighted by atomic mass is 10.1. The van der Waals surface area contributed by atoms with E-state index in [0.29, 0.717) is 0 Å². The van der Waals surface area contributed by atoms with E-state index in [9.17, 15) is 4.79 Å². The molecule has 76 valence electrons. The molecule has 1 N–H and O–H groups in total. The highest BCUT2D eigenvalue weighted by Crippen LogP contribution is 2.21. The van der Waals surface area contributed by atoms with Crippen molar-refractivity contribution in [1.29, 1.82) is 0 Å². The number of hydrogen-bond acceptors (Lipinski definition) is 2. The van der Waals surface area contributed by atoms with Crippen molar-refractivity contribution in [2.24, 2.45) is 5.92 Å². The Balaban J connectivity index is 2.30. The van der Waals surface area contributed by atoms with Gasteiger partial charge in [0.25, 0.3) is 0 Å². The summed E-state index contributed by atoms with van der Waals surface area (Å²) in [4.78, 5) is 11.6. The standard InChI is InChI=1S/C11H14O2S/c1-9(7-11(12)13)8-14-10-5-3-2-4-6-10/h2-6,9H,7-8H2,1H3,(H,12,13). The summed E-state index contributed by atoms with van der Waals surface area (Å²) in [5, 5.41) is 8.57. The lowest BCUT2D eigenvalue weighted by Gasteiger charge is -2.07. The van der Waals surface area contributed by atoms with E-state index < -0.39 is 5.97 Å². The molecule has 0 bridgehead atoms. The number of thioether (sulfide) groups is 1. The van der Waals surface area contributed by atoms with E-state index in [0.717, 1.165) is 5.75 Å². The molecule has 0 saturated carbocycles. The van der Waals surface area contributed by atoms with Gasteiger partial charge in [-0.15, -0.1) is 11.8 Å². The first-order valence-electron chi connectivity index (χ1n) is 4.58. The van der Waals surface area contributed by atoms with Gasteiger partial charge < -0.3 is 5.11 Å². The van der Waals surface area contributed by atoms with Gasteiger partial charge in [-0.3, -0.25) is 4.79 Å². The zero-order valence-electron chi connectivity index (χ0n) is 8.14. The maximum Gasteiger partial charge on any atom is 0.303 e. The Bertz CT molecular complexity index is 285. The Morgan fingerprint density at radius 1 is 1.43 bits per heavy atom. The van der Waals surface area contributed by atoms with E-state index in [4.69, 9.17) is 5.11 Å². The first kappa shape index (κ1) is 11.1. The Hall–Kier alpha value is -0.960. The normalized spacial score (nSPS) is 12.4. The van der Waals surface area contributed by atoms with E-state index in [-0.39, 0.29) is 12.3 Å². The average molecular weight is 210 g/mol. The van der Waals surface area contributed by atoms with Gasteiger partial charge in [-0.05, 0) is 18.1 Å². The van der Waals surface area contributed by atoms with Gasteiger partial charge in [0.15, 0.2) is 0 Å². The second-order valence-electron chi connectivity index (χ2n) is 3.33. The number of aliphatic carboxylic acids is 1. The smallest absolute Gasteiger partial charge is 0.303 e. The van der Waals surface area contributed by atoms with Crippen LogP contribution in [-0.4, -0.2) is 16.8 Å². The van der Waals surface area contributed by atoms with Gasteiger partial charge in [-0.25, -0.2) is 0 Å². The largest absolute Gasteiger partial charge is 0.481 e. The highest BCUT2D eigenvalue weighted by atomic mass is 32.2. The minimum atomic E-state index is -0.717. The van der Waals surface area contributed by atoms with E-state index in [1.54, 1.807) is 11.8 Å². The zero-order chi connectivity index (χ0) is 10.4. The molecule has 0 aromatic heterocycles. The van der Waals surface area contributed by atoms with Crippen LogP contribution in [-0.2, 0) is 4.79 Å². The summed E-state index contributed by atoms with van der Waals surface area (Å²) < 4.78 is 0. The molecule has 1 aromatic rings. The molecule has 1 rings (SSSR count). The number of carbonyl (C=O) groups is 1. The van der Waals surface area contributed by atoms with Gasteiger partial charge in [0.1, 0.15) is 0 Å². The summed E-state index contributed by atoms with van der Waals surface area (Å²) in [6.45, 7) is 1.96. The molecular weight excluding hydrogens is 196 g/mol. The molecule has 0 aliphatic heterocycles. The minimum absolute atomic E-state index is 0.220. The highest BCUT2D eigenvalue weighted by Gasteiger charge is 2.07. The summed E-state index contributed by atoms with van der Waals surface area (Å²) >= 11 is 1.71. The predicted octanol–water partition coefficient (Wildman–Crippen LogP) is 2.89. The Morgan fingerprint density at radius 3 is 2.64 bits per heavy atom. The molecule has 0 heterocycles. The number of rotatable bonds is 5. The number of benzene rings is 1. The Kier molecular flexibility index (Phi) is 4.53. The van der Waals surface area contributed by atoms with Crippen LogP contribution in [0.3, 0.4) is 0 Å². The third-order valence-electron chi connectivity index (χ3n) is 1.80. The summed E-state index contributed by atoms with van der Waals surface area (Å²) in [6, 6.07) is 10.0. The Morgan fingerprint density at radius 2 is 2.07 bits per heavy atom. The molecule has 0 aliphatic carbocycles. The second kappa shape index (κ2) is 5.70. The molecule has 2 nitrogen and oxygen atoms in total. The van der Waals surface area contributed by atoms with Gasteiger partial charge in [0, 0.05) is 17.1 Å². The molecule has 3 heteroatoms. The van der Waals surface area contributed by atoms with Gasteiger partial charge in [0.2, 0.25) is 0 Å². The van der Waals surface area contributed by atoms with Crippen molar-refractivity contribution in [2.75, 3.05) is 5.75 Å². The van der Waals surface area contributed by atoms with Crippen LogP contribution in [0.2, 0.25) is 0 Å². The monoisotopic (exact) mass is 210 g/mol. The minimum Gasteiger partial charge on any atom is -0.481 e. The van der Waals surface area contributed by atoms with Crippen molar-refractivity contribution in [2.45, 2.75) is 18.2 Å². The molecule has 1 atom stereocenters. The van der Waals surface area contributed by atoms with E-state index in [1.807, 2.05) is 37.3 Å². The topological polar surface area (TPSA) is 37.3 Å². The van der Waals surface area contributed by atoms with Gasteiger partial charge >= 0.3 is 5.97 Å². The van der Waals surface area contributed by atoms with Crippen molar-refractivity contribution < 1.29 is 9.90 Å². The maximum atomic E-state index is 10.4. The maximum absolute atomic E-state index is 10.4. The van der Waals surface area contributed by atoms with Crippen LogP contribution in [0.25, 0.3) is 0 Å². The zero-order valence-corrected chi connectivity index (χ0v) is 8.96. The third-order valence-corrected chi connectivity index (χ3v) is 3.14. The molecule has 1 unspecified atom stereocenters. The van der Waals surface area contributed by atoms with Crippen molar-refractivity contribution in [3.63, 3.8) is 0 Å². The van der Waals surface area contributed by atoms with Crippen LogP contribution in [0.15, 0.2) is 35.2 Å². The molecule has 14 heavy (non-hydrogen) atoms. The fourth-order valence-electron chi connectivity index (χ4n) is 1.11. The van der Waals surface area contributed by atoms with E-state index in [2.05, 4.69) is 0 Å². The number of carboxylic acids is 1. The quantitative estimate of drug-likeness (QED) is 0.759. The summed E-state index contributed by atoms with van der Waals surface area (Å²) in [5.74, 6) is 0.361. The molecular formula is C11H14O2S. The van der Waals surface area contributed by atoms with E-state index >= 15 is 0 Å². The van der Waals surface area contributed by atoms with Crippen LogP contribution < -0.4 is 0 Å². The van der Waals surface area contributed by atoms with Crippen molar-refractivity contribution in [3.8, 4) is 0 Å². The van der Waals surface area contributed by atoms with E-state index in [1.165, 1.54) is 4.90 Å². The Labute approximate surface area is 88.3 Å². The summed E-state index contributed by atoms with van der Waals surface area (Å²) in [7, 11) is 0. The average Bonchev–Trinajstić information content (AvgIpc) is 2.15. The lowest BCUT2D eigenvalue weighted by Crippen LogP contribution is -2.06. The molecule has 0 radical (unpaired) electrons. The molecule has 1 aromatic carbocycles. The van der Waals surface area contributed by atoms with Crippen molar-refractivity contribution >= 4 is 17.7 Å². The summed E-state index contributed by atoms with van der Waals surface area (Å²) in [5.41, 5.74) is 0. The molecule has 0 fully saturated rings. The van der Waals surface area contributed by atoms with Gasteiger partial charge in [-0.2, -0.15) is 0 Å². The van der Waals surface area contributed by atoms with Crippen LogP contribution in [0.5, 0.6) is 0 Å². The first-order valence-corrected chi connectivity index (χ1v) is 5.56. The SMILES string of the molecule is CC(CSc1ccccc1)CC(=O)O. The first-order chi connectivity index (χ1) is 6.68. The third kappa shape index (κ3) is 4.33. The second-order valence-corrected chi connectivity index (χ2v) is 4.42. The van der Waals surface area contributed by atoms with Crippen molar-refractivity contribution in [1.82, 2.24) is 0 Å². The molecule has 0 amide bonds. The van der Waals surface area contributed by atoms with Gasteiger partial charge in [-0.1, -0.05) is 25.1 Å². The molecule has 0 aliphatic rings. The molecule has 0 spiro atoms. The predicted molar refractivity (Wildman–Crippen MR) is 58.6 cm³/mol. The fourth-order valence-corrected chi connectivity index (χ4v) is 2.06. The van der Waals surface area contributed by atoms with Gasteiger partial charge in [0.05, 0.1) is 0 Å². The number of hydrogen-bond donors (Lipinski definition) is 1. The van der Waals surface area contributed by atoms with Crippen molar-refractivity contribution in [3.05, 3.63) is 30.3 Å². The summed E-state index contributed by atoms with van der Waals surface area (Å²) in [6.07, 6.45) is 0.250. The lowest BCUT2D eigenvalue weighted by molar-refractivity contribution is -0.137. The fraction of sp³-hybridized carbons (Fsp3) is 0.364. The number of carboxylic acid groups (broad SMARTS) is 1.